The lowest BCUT2D eigenvalue weighted by molar-refractivity contribution is 0.0901. The third-order valence-corrected chi connectivity index (χ3v) is 2.20. The summed E-state index contributed by atoms with van der Waals surface area (Å²) in [4.78, 5) is 11.6. The molecule has 0 fully saturated rings. The Kier molecular flexibility index (Phi) is 2.69. The fourth-order valence-corrected chi connectivity index (χ4v) is 1.41. The maximum Gasteiger partial charge on any atom is 0.405 e. The molecule has 0 bridgehead atoms. The van der Waals surface area contributed by atoms with Crippen molar-refractivity contribution in [2.75, 3.05) is 0 Å². The Hall–Kier alpha value is -2.15. The number of nitrogens with two attached hydrogens (primary N) is 1. The van der Waals surface area contributed by atoms with Crippen molar-refractivity contribution in [3.63, 3.8) is 0 Å². The average molecular weight is 271 g/mol. The Morgan fingerprint density at radius 3 is 3.06 bits per heavy atom. The van der Waals surface area contributed by atoms with E-state index in [1.165, 1.54) is 18.2 Å². The van der Waals surface area contributed by atoms with E-state index >= 15 is 0 Å². The molecule has 0 aliphatic carbocycles. The standard InChI is InChI=1S/C10H10ClN5O2/c11-8-4-2-1-3-7(8)9(18-10(12)17)5-16-14-6-13-15-16/h1-4,6,9H,5H2,(H2,12,17)/i5D2,9D. The second-order valence-electron chi connectivity index (χ2n) is 3.07. The van der Waals surface area contributed by atoms with Gasteiger partial charge in [0.1, 0.15) is 6.50 Å². The van der Waals surface area contributed by atoms with Crippen LogP contribution in [0.25, 0.3) is 0 Å². The lowest BCUT2D eigenvalue weighted by Gasteiger charge is -2.17. The number of primary amides is 1. The number of rotatable bonds is 4. The van der Waals surface area contributed by atoms with Gasteiger partial charge >= 0.3 is 6.09 Å². The summed E-state index contributed by atoms with van der Waals surface area (Å²) in [5.41, 5.74) is 4.86. The highest BCUT2D eigenvalue weighted by Gasteiger charge is 2.19. The quantitative estimate of drug-likeness (QED) is 0.899. The van der Waals surface area contributed by atoms with E-state index in [1.54, 1.807) is 6.07 Å². The smallest absolute Gasteiger partial charge is 0.405 e. The summed E-state index contributed by atoms with van der Waals surface area (Å²) in [6.45, 7) is -2.70. The lowest BCUT2D eigenvalue weighted by atomic mass is 10.1. The molecule has 94 valence electrons. The molecule has 0 radical (unpaired) electrons. The fraction of sp³-hybridized carbons (Fsp3) is 0.200. The number of benzene rings is 1. The van der Waals surface area contributed by atoms with Crippen LogP contribution in [0.3, 0.4) is 0 Å². The van der Waals surface area contributed by atoms with Gasteiger partial charge in [-0.2, -0.15) is 4.80 Å². The second-order valence-corrected chi connectivity index (χ2v) is 3.47. The summed E-state index contributed by atoms with van der Waals surface area (Å²) in [7, 11) is 0. The minimum atomic E-state index is -2.70. The number of tetrazole rings is 1. The molecule has 1 aromatic carbocycles. The van der Waals surface area contributed by atoms with Crippen LogP contribution in [0.1, 0.15) is 15.8 Å². The van der Waals surface area contributed by atoms with Crippen LogP contribution < -0.4 is 5.73 Å². The maximum absolute atomic E-state index is 11.1. The van der Waals surface area contributed by atoms with E-state index in [0.717, 1.165) is 6.33 Å². The number of ether oxygens (including phenoxy) is 1. The molecule has 0 aliphatic rings. The predicted octanol–water partition coefficient (Wildman–Crippen LogP) is 1.16. The monoisotopic (exact) mass is 270 g/mol. The highest BCUT2D eigenvalue weighted by Crippen LogP contribution is 2.26. The van der Waals surface area contributed by atoms with Crippen molar-refractivity contribution >= 4 is 17.7 Å². The number of carbonyl (C=O) groups excluding carboxylic acids is 1. The van der Waals surface area contributed by atoms with Crippen LogP contribution in [0.2, 0.25) is 5.02 Å². The van der Waals surface area contributed by atoms with E-state index in [0.29, 0.717) is 4.80 Å². The van der Waals surface area contributed by atoms with Crippen molar-refractivity contribution in [3.8, 4) is 0 Å². The van der Waals surface area contributed by atoms with Gasteiger partial charge in [0.05, 0.1) is 4.11 Å². The summed E-state index contributed by atoms with van der Waals surface area (Å²) in [6.07, 6.45) is -2.96. The number of nitrogens with zero attached hydrogens (tertiary/aromatic N) is 4. The molecule has 8 heteroatoms. The van der Waals surface area contributed by atoms with Gasteiger partial charge in [-0.05, 0) is 11.3 Å². The highest BCUT2D eigenvalue weighted by atomic mass is 35.5. The van der Waals surface area contributed by atoms with Crippen LogP contribution >= 0.6 is 11.6 Å². The minimum Gasteiger partial charge on any atom is -0.439 e. The Balaban J connectivity index is 2.63. The molecule has 1 atom stereocenters. The molecular formula is C10H10ClN5O2. The summed E-state index contributed by atoms with van der Waals surface area (Å²) < 4.78 is 29.1. The van der Waals surface area contributed by atoms with Gasteiger partial charge < -0.3 is 10.5 Å². The molecule has 1 heterocycles. The Labute approximate surface area is 112 Å². The van der Waals surface area contributed by atoms with E-state index in [-0.39, 0.29) is 10.6 Å². The SMILES string of the molecule is [2H]C(OC(N)=O)(c1ccccc1Cl)C([2H])([2H])n1ncnn1. The summed E-state index contributed by atoms with van der Waals surface area (Å²) >= 11 is 5.98. The summed E-state index contributed by atoms with van der Waals surface area (Å²) in [6, 6.07) is 5.86. The Bertz CT molecular complexity index is 654. The van der Waals surface area contributed by atoms with Gasteiger partial charge in [0.15, 0.2) is 12.4 Å². The van der Waals surface area contributed by atoms with Gasteiger partial charge in [-0.1, -0.05) is 29.8 Å². The number of amides is 1. The van der Waals surface area contributed by atoms with E-state index in [9.17, 15) is 4.79 Å². The molecule has 0 saturated carbocycles. The molecule has 18 heavy (non-hydrogen) atoms. The van der Waals surface area contributed by atoms with Crippen molar-refractivity contribution in [1.82, 2.24) is 20.2 Å². The molecule has 0 saturated heterocycles. The Morgan fingerprint density at radius 2 is 2.44 bits per heavy atom. The number of halogens is 1. The van der Waals surface area contributed by atoms with Crippen LogP contribution in [0.4, 0.5) is 4.79 Å². The highest BCUT2D eigenvalue weighted by molar-refractivity contribution is 6.31. The number of carbonyl (C=O) groups is 1. The molecule has 2 rings (SSSR count). The van der Waals surface area contributed by atoms with E-state index < -0.39 is 18.7 Å². The van der Waals surface area contributed by atoms with E-state index in [4.69, 9.17) is 26.2 Å². The first-order valence-corrected chi connectivity index (χ1v) is 5.14. The molecule has 2 aromatic rings. The largest absolute Gasteiger partial charge is 0.439 e. The number of hydrogen-bond donors (Lipinski definition) is 1. The third kappa shape index (κ3) is 2.95. The lowest BCUT2D eigenvalue weighted by Crippen LogP contribution is -2.22. The number of hydrogen-bond acceptors (Lipinski definition) is 5. The number of aromatic nitrogens is 4. The molecule has 1 unspecified atom stereocenters. The summed E-state index contributed by atoms with van der Waals surface area (Å²) in [5, 5.41) is 10.3. The molecule has 0 spiro atoms. The van der Waals surface area contributed by atoms with Gasteiger partial charge in [-0.15, -0.1) is 10.2 Å². The third-order valence-electron chi connectivity index (χ3n) is 1.87. The topological polar surface area (TPSA) is 95.9 Å². The first-order chi connectivity index (χ1) is 9.79. The van der Waals surface area contributed by atoms with Gasteiger partial charge in [-0.25, -0.2) is 4.79 Å². The van der Waals surface area contributed by atoms with Crippen molar-refractivity contribution < 1.29 is 13.6 Å². The second kappa shape index (κ2) is 5.46. The average Bonchev–Trinajstić information content (AvgIpc) is 2.92. The molecular weight excluding hydrogens is 258 g/mol. The fourth-order valence-electron chi connectivity index (χ4n) is 1.19. The van der Waals surface area contributed by atoms with Gasteiger partial charge in [-0.3, -0.25) is 0 Å². The maximum atomic E-state index is 11.1. The van der Waals surface area contributed by atoms with Crippen LogP contribution in [0.5, 0.6) is 0 Å². The van der Waals surface area contributed by atoms with Gasteiger partial charge in [0.2, 0.25) is 0 Å². The van der Waals surface area contributed by atoms with Crippen LogP contribution in [-0.4, -0.2) is 26.3 Å². The van der Waals surface area contributed by atoms with Gasteiger partial charge in [0, 0.05) is 10.6 Å². The minimum absolute atomic E-state index is 0.0257. The Morgan fingerprint density at radius 1 is 1.67 bits per heavy atom. The van der Waals surface area contributed by atoms with Crippen LogP contribution in [-0.2, 0) is 11.2 Å². The van der Waals surface area contributed by atoms with Crippen LogP contribution in [0, 0.1) is 0 Å². The molecule has 1 amide bonds. The van der Waals surface area contributed by atoms with E-state index in [2.05, 4.69) is 15.4 Å². The van der Waals surface area contributed by atoms with Crippen LogP contribution in [0.15, 0.2) is 30.6 Å². The van der Waals surface area contributed by atoms with Crippen molar-refractivity contribution in [3.05, 3.63) is 41.2 Å². The molecule has 7 nitrogen and oxygen atoms in total. The normalized spacial score (nSPS) is 17.1. The summed E-state index contributed by atoms with van der Waals surface area (Å²) in [5.74, 6) is 0. The van der Waals surface area contributed by atoms with Crippen molar-refractivity contribution in [2.45, 2.75) is 12.6 Å². The van der Waals surface area contributed by atoms with Crippen molar-refractivity contribution in [2.24, 2.45) is 5.73 Å². The van der Waals surface area contributed by atoms with Crippen molar-refractivity contribution in [1.29, 1.82) is 0 Å². The zero-order valence-corrected chi connectivity index (χ0v) is 9.70. The first-order valence-electron chi connectivity index (χ1n) is 6.26. The molecule has 2 N–H and O–H groups in total. The molecule has 1 aromatic heterocycles. The first kappa shape index (κ1) is 8.87. The van der Waals surface area contributed by atoms with E-state index in [1.807, 2.05) is 0 Å². The zero-order chi connectivity index (χ0) is 15.7. The zero-order valence-electron chi connectivity index (χ0n) is 11.9. The molecule has 0 aliphatic heterocycles. The predicted molar refractivity (Wildman–Crippen MR) is 62.7 cm³/mol. The van der Waals surface area contributed by atoms with Gasteiger partial charge in [0.25, 0.3) is 0 Å².